The summed E-state index contributed by atoms with van der Waals surface area (Å²) >= 11 is 0. The first kappa shape index (κ1) is 192. The fourth-order valence-corrected chi connectivity index (χ4v) is 0. The molecule has 0 N–H and O–H groups in total. The predicted octanol–water partition coefficient (Wildman–Crippen LogP) is -19.5. The van der Waals surface area contributed by atoms with Gasteiger partial charge in [-0.3, -0.25) is 0 Å². The number of carbonyl (C=O) groups is 7. The van der Waals surface area contributed by atoms with Gasteiger partial charge in [0.15, 0.2) is 0 Å². The van der Waals surface area contributed by atoms with Gasteiger partial charge in [-0.1, -0.05) is 0 Å². The van der Waals surface area contributed by atoms with Crippen LogP contribution in [0.4, 0.5) is 33.6 Å². The van der Waals surface area contributed by atoms with E-state index in [9.17, 15) is 0 Å². The Morgan fingerprint density at radius 3 is 0.213 bits per heavy atom. The fraction of sp³-hybridized carbons (Fsp3) is 0. The van der Waals surface area contributed by atoms with Crippen LogP contribution < -0.4 is 71.5 Å². The number of hydrogen-bond acceptors (Lipinski definition) is 21. The largest absolute Gasteiger partial charge is 3.00 e. The zero-order valence-corrected chi connectivity index (χ0v) is 54.2. The molecule has 0 fully saturated rings. The van der Waals surface area contributed by atoms with Crippen molar-refractivity contribution in [2.75, 3.05) is 0 Å². The summed E-state index contributed by atoms with van der Waals surface area (Å²) in [5.74, 6) is 0. The summed E-state index contributed by atoms with van der Waals surface area (Å²) in [6.07, 6.45) is -16.3. The Hall–Kier alpha value is 7.39. The van der Waals surface area contributed by atoms with E-state index in [-0.39, 0.29) is 433 Å². The third-order valence-electron chi connectivity index (χ3n) is 0. The van der Waals surface area contributed by atoms with Crippen molar-refractivity contribution in [3.63, 3.8) is 0 Å². The normalized spacial score (nSPS) is 3.57. The molecule has 47 heavy (non-hydrogen) atoms. The molecule has 0 unspecified atom stereocenters. The molecule has 0 aromatic rings. The van der Waals surface area contributed by atoms with Crippen LogP contribution in [-0.4, -0.2) is 239 Å². The van der Waals surface area contributed by atoms with E-state index in [2.05, 4.69) is 0 Å². The minimum absolute atomic E-state index is 0. The van der Waals surface area contributed by atoms with Crippen molar-refractivity contribution >= 4 is 239 Å². The summed E-state index contributed by atoms with van der Waals surface area (Å²) in [5.41, 5.74) is 0. The number of hydrogen-bond donors (Lipinski definition) is 0. The molecule has 0 aliphatic heterocycles. The summed E-state index contributed by atoms with van der Waals surface area (Å²) in [5, 5.41) is 117. The molecular formula is C7Ba4Cu4O28Y4. The van der Waals surface area contributed by atoms with Crippen LogP contribution in [0, 0.1) is 0 Å². The maximum atomic E-state index is 8.33. The minimum Gasteiger partial charge on any atom is -2.00 e. The molecule has 0 aromatic carbocycles. The third kappa shape index (κ3) is 2580. The van der Waals surface area contributed by atoms with E-state index in [1.807, 2.05) is 0 Å². The van der Waals surface area contributed by atoms with Crippen molar-refractivity contribution in [1.29, 1.82) is 0 Å². The van der Waals surface area contributed by atoms with E-state index in [0.717, 1.165) is 0 Å². The molecule has 0 heterocycles. The Labute approximate surface area is 566 Å². The Morgan fingerprint density at radius 1 is 0.213 bits per heavy atom. The third-order valence-corrected chi connectivity index (χ3v) is 0. The summed E-state index contributed by atoms with van der Waals surface area (Å²) in [4.78, 5) is 58.3. The molecule has 0 saturated heterocycles. The first-order valence-electron chi connectivity index (χ1n) is 4.29. The molecule has 0 amide bonds. The van der Waals surface area contributed by atoms with Crippen LogP contribution in [0.25, 0.3) is 0 Å². The molecule has 4 radical (unpaired) electrons. The molecule has 0 aliphatic carbocycles. The van der Waals surface area contributed by atoms with E-state index < -0.39 is 43.1 Å². The second kappa shape index (κ2) is 182. The van der Waals surface area contributed by atoms with Crippen molar-refractivity contribution in [3.05, 3.63) is 0 Å². The first-order valence-corrected chi connectivity index (χ1v) is 4.29. The van der Waals surface area contributed by atoms with Crippen molar-refractivity contribution in [2.45, 2.75) is 0 Å². The molecule has 0 rings (SSSR count). The van der Waals surface area contributed by atoms with Crippen LogP contribution in [0.15, 0.2) is 0 Å². The second-order valence-electron chi connectivity index (χ2n) is 1.75. The summed E-state index contributed by atoms with van der Waals surface area (Å²) in [6, 6.07) is 0. The zero-order chi connectivity index (χ0) is 25.0. The van der Waals surface area contributed by atoms with Gasteiger partial charge >= 0.3 is 395 Å². The van der Waals surface area contributed by atoms with Gasteiger partial charge in [0, 0.05) is 0 Å². The van der Waals surface area contributed by atoms with Gasteiger partial charge in [0.2, 0.25) is 0 Å². The predicted molar refractivity (Wildman–Crippen MR) is 65.6 cm³/mol. The SMILES string of the molecule is O=C([O-])[O-].O=C([O-])[O-].O=C([O-])[O-].O=C([O-])[O-].O=C([O-])[O-].O=C([O-])[O-].O=C([O-])[O-].[Ba+2].[Ba+2].[Ba+2].[Ba+2].[Cu+2].[Cu+2].[Cu+2].[Cu+2].[O-2].[O-2].[O-2].[O-2].[O-2].[O-2].[O-2].[Y+3].[Y+3].[Y+3].[Y+3]. The Kier molecular flexibility index (Phi) is 744. The van der Waals surface area contributed by atoms with Gasteiger partial charge in [0.25, 0.3) is 0 Å². The van der Waals surface area contributed by atoms with E-state index in [1.165, 1.54) is 0 Å². The van der Waals surface area contributed by atoms with Gasteiger partial charge in [-0.25, -0.2) is 0 Å². The molecule has 0 spiro atoms. The molecule has 0 bridgehead atoms. The quantitative estimate of drug-likeness (QED) is 0.203. The zero-order valence-electron chi connectivity index (χ0n) is 21.3. The van der Waals surface area contributed by atoms with E-state index in [4.69, 9.17) is 105 Å². The van der Waals surface area contributed by atoms with E-state index >= 15 is 0 Å². The number of carbonyl (C=O) groups excluding carboxylic acids is 7. The fourth-order valence-electron chi connectivity index (χ4n) is 0. The second-order valence-corrected chi connectivity index (χ2v) is 1.75. The average molecular weight is 1690 g/mol. The van der Waals surface area contributed by atoms with Gasteiger partial charge in [-0.2, -0.15) is 0 Å². The molecular weight excluding hydrogens is 1690 g/mol. The molecule has 0 atom stereocenters. The van der Waals surface area contributed by atoms with Gasteiger partial charge in [-0.05, 0) is 43.1 Å². The molecule has 260 valence electrons. The summed E-state index contributed by atoms with van der Waals surface area (Å²) in [7, 11) is 0. The van der Waals surface area contributed by atoms with Crippen LogP contribution in [0.3, 0.4) is 0 Å². The van der Waals surface area contributed by atoms with E-state index in [0.29, 0.717) is 0 Å². The molecule has 40 heteroatoms. The van der Waals surface area contributed by atoms with Crippen molar-refractivity contribution in [3.8, 4) is 0 Å². The van der Waals surface area contributed by atoms with Gasteiger partial charge in [0.05, 0.1) is 0 Å². The van der Waals surface area contributed by atoms with Gasteiger partial charge in [-0.15, -0.1) is 0 Å². The first-order chi connectivity index (χ1) is 12.1. The Bertz CT molecular complexity index is 362. The van der Waals surface area contributed by atoms with Crippen LogP contribution in [0.1, 0.15) is 0 Å². The van der Waals surface area contributed by atoms with Gasteiger partial charge < -0.3 is 143 Å². The summed E-state index contributed by atoms with van der Waals surface area (Å²) < 4.78 is 0. The number of carboxylic acid groups (broad SMARTS) is 14. The molecule has 28 nitrogen and oxygen atoms in total. The maximum absolute atomic E-state index is 8.33. The molecule has 0 saturated carbocycles. The van der Waals surface area contributed by atoms with Crippen LogP contribution >= 0.6 is 0 Å². The maximum Gasteiger partial charge on any atom is 3.00 e. The van der Waals surface area contributed by atoms with Crippen molar-refractivity contribution < 1.29 is 342 Å². The molecule has 0 aliphatic rings. The minimum atomic E-state index is -2.33. The Morgan fingerprint density at radius 2 is 0.213 bits per heavy atom. The average Bonchev–Trinajstić information content (AvgIpc) is 2.20. The van der Waals surface area contributed by atoms with Crippen molar-refractivity contribution in [2.24, 2.45) is 0 Å². The van der Waals surface area contributed by atoms with E-state index in [1.54, 1.807) is 0 Å². The Balaban J connectivity index is -0.00000000427. The summed E-state index contributed by atoms with van der Waals surface area (Å²) in [6.45, 7) is 0. The van der Waals surface area contributed by atoms with Crippen LogP contribution in [0.2, 0.25) is 0 Å². The standard InChI is InChI=1S/7CH2O3.4Ba.4Cu.7O.4Y/c7*2-1(3)4;;;;;;;;;;;;;;;;;;;/h7*(H2,2,3,4);;;;;;;;;;;;;;;;;;;/q;;;;;;;8*+2;7*-2;4*+3/p-14. The smallest absolute Gasteiger partial charge is 2.00 e. The monoisotopic (exact) mass is 1690 g/mol. The molecule has 0 aromatic heterocycles. The van der Waals surface area contributed by atoms with Crippen LogP contribution in [-0.2, 0) is 237 Å². The topological polar surface area (TPSA) is 642 Å². The van der Waals surface area contributed by atoms with Gasteiger partial charge in [0.1, 0.15) is 0 Å². The number of rotatable bonds is 0. The van der Waals surface area contributed by atoms with Crippen LogP contribution in [0.5, 0.6) is 0 Å². The van der Waals surface area contributed by atoms with Crippen molar-refractivity contribution in [1.82, 2.24) is 0 Å².